The lowest BCUT2D eigenvalue weighted by molar-refractivity contribution is -0.143. The standard InChI is InChI=1S/C27H33N3O5/c1-30(2)15-24(26(32)33)28-25(31)21-13-7-8-14-23(21)29-27(34)35-16-22-19-11-5-3-9-17(19)18-10-4-6-12-20(18)22/h3-6,9-12,21-24H,7-8,13-16H2,1-2H3,(H,28,31)(H,29,34)(H,32,33)/t21-,23+,24?/m1/s1. The maximum absolute atomic E-state index is 12.9. The number of nitrogens with one attached hydrogen (secondary N) is 2. The second-order valence-electron chi connectivity index (χ2n) is 9.63. The number of fused-ring (bicyclic) bond motifs is 3. The first-order chi connectivity index (χ1) is 16.8. The number of carbonyl (C=O) groups is 3. The number of aliphatic carboxylic acids is 1. The van der Waals surface area contributed by atoms with E-state index in [-0.39, 0.29) is 25.0 Å². The number of carboxylic acids is 1. The minimum Gasteiger partial charge on any atom is -0.480 e. The van der Waals surface area contributed by atoms with Crippen LogP contribution in [0.3, 0.4) is 0 Å². The van der Waals surface area contributed by atoms with Gasteiger partial charge in [-0.3, -0.25) is 4.79 Å². The Morgan fingerprint density at radius 2 is 1.60 bits per heavy atom. The van der Waals surface area contributed by atoms with Crippen molar-refractivity contribution in [3.63, 3.8) is 0 Å². The first-order valence-electron chi connectivity index (χ1n) is 12.1. The molecule has 1 fully saturated rings. The molecule has 3 N–H and O–H groups in total. The Labute approximate surface area is 205 Å². The van der Waals surface area contributed by atoms with Gasteiger partial charge in [-0.25, -0.2) is 9.59 Å². The number of nitrogens with zero attached hydrogens (tertiary/aromatic N) is 1. The highest BCUT2D eigenvalue weighted by molar-refractivity contribution is 5.86. The molecule has 0 heterocycles. The minimum absolute atomic E-state index is 0.0408. The van der Waals surface area contributed by atoms with Crippen molar-refractivity contribution in [1.29, 1.82) is 0 Å². The molecule has 2 aliphatic carbocycles. The summed E-state index contributed by atoms with van der Waals surface area (Å²) in [4.78, 5) is 39.0. The molecule has 0 aliphatic heterocycles. The summed E-state index contributed by atoms with van der Waals surface area (Å²) >= 11 is 0. The predicted octanol–water partition coefficient (Wildman–Crippen LogP) is 3.21. The number of hydrogen-bond acceptors (Lipinski definition) is 5. The second-order valence-corrected chi connectivity index (χ2v) is 9.63. The van der Waals surface area contributed by atoms with Crippen LogP contribution in [0.5, 0.6) is 0 Å². The molecular weight excluding hydrogens is 446 g/mol. The third-order valence-electron chi connectivity index (χ3n) is 6.91. The third-order valence-corrected chi connectivity index (χ3v) is 6.91. The second kappa shape index (κ2) is 10.9. The summed E-state index contributed by atoms with van der Waals surface area (Å²) in [6.07, 6.45) is 2.42. The first-order valence-corrected chi connectivity index (χ1v) is 12.1. The number of alkyl carbamates (subject to hydrolysis) is 1. The fourth-order valence-electron chi connectivity index (χ4n) is 5.24. The van der Waals surface area contributed by atoms with Gasteiger partial charge in [0.25, 0.3) is 0 Å². The van der Waals surface area contributed by atoms with Gasteiger partial charge in [-0.1, -0.05) is 61.4 Å². The van der Waals surface area contributed by atoms with Crippen LogP contribution in [-0.2, 0) is 14.3 Å². The predicted molar refractivity (Wildman–Crippen MR) is 132 cm³/mol. The third kappa shape index (κ3) is 5.65. The van der Waals surface area contributed by atoms with Gasteiger partial charge in [0.2, 0.25) is 5.91 Å². The Balaban J connectivity index is 1.38. The molecule has 0 radical (unpaired) electrons. The summed E-state index contributed by atoms with van der Waals surface area (Å²) < 4.78 is 5.66. The zero-order valence-electron chi connectivity index (χ0n) is 20.2. The summed E-state index contributed by atoms with van der Waals surface area (Å²) in [5.74, 6) is -1.96. The highest BCUT2D eigenvalue weighted by Crippen LogP contribution is 2.44. The van der Waals surface area contributed by atoms with Crippen LogP contribution < -0.4 is 10.6 Å². The molecule has 2 aromatic carbocycles. The number of carbonyl (C=O) groups excluding carboxylic acids is 2. The maximum atomic E-state index is 12.9. The van der Waals surface area contributed by atoms with Crippen molar-refractivity contribution >= 4 is 18.0 Å². The van der Waals surface area contributed by atoms with E-state index in [1.54, 1.807) is 19.0 Å². The van der Waals surface area contributed by atoms with Gasteiger partial charge in [0.15, 0.2) is 0 Å². The fourth-order valence-corrected chi connectivity index (χ4v) is 5.24. The van der Waals surface area contributed by atoms with Gasteiger partial charge < -0.3 is 25.4 Å². The van der Waals surface area contributed by atoms with Gasteiger partial charge in [-0.15, -0.1) is 0 Å². The molecule has 3 atom stereocenters. The Kier molecular flexibility index (Phi) is 7.70. The Hall–Kier alpha value is -3.39. The molecule has 0 saturated heterocycles. The molecule has 2 aliphatic rings. The summed E-state index contributed by atoms with van der Waals surface area (Å²) in [6, 6.07) is 14.9. The molecule has 0 spiro atoms. The van der Waals surface area contributed by atoms with Crippen LogP contribution in [0.15, 0.2) is 48.5 Å². The number of hydrogen-bond donors (Lipinski definition) is 3. The molecule has 4 rings (SSSR count). The summed E-state index contributed by atoms with van der Waals surface area (Å²) in [7, 11) is 3.51. The van der Waals surface area contributed by atoms with E-state index >= 15 is 0 Å². The molecule has 2 amide bonds. The zero-order valence-corrected chi connectivity index (χ0v) is 20.2. The Morgan fingerprint density at radius 3 is 2.20 bits per heavy atom. The number of benzene rings is 2. The smallest absolute Gasteiger partial charge is 0.407 e. The molecule has 0 bridgehead atoms. The van der Waals surface area contributed by atoms with Gasteiger partial charge in [-0.2, -0.15) is 0 Å². The molecule has 8 nitrogen and oxygen atoms in total. The number of amides is 2. The van der Waals surface area contributed by atoms with E-state index in [0.29, 0.717) is 12.8 Å². The van der Waals surface area contributed by atoms with Crippen molar-refractivity contribution in [2.75, 3.05) is 27.2 Å². The van der Waals surface area contributed by atoms with Gasteiger partial charge in [0.05, 0.1) is 5.92 Å². The minimum atomic E-state index is -1.08. The van der Waals surface area contributed by atoms with Crippen molar-refractivity contribution in [3.8, 4) is 11.1 Å². The molecule has 35 heavy (non-hydrogen) atoms. The Bertz CT molecular complexity index is 1040. The molecule has 2 aromatic rings. The highest BCUT2D eigenvalue weighted by Gasteiger charge is 2.35. The number of rotatable bonds is 8. The van der Waals surface area contributed by atoms with Gasteiger partial charge in [0.1, 0.15) is 12.6 Å². The van der Waals surface area contributed by atoms with Crippen LogP contribution in [0.25, 0.3) is 11.1 Å². The van der Waals surface area contributed by atoms with Gasteiger partial charge in [0, 0.05) is 18.5 Å². The van der Waals surface area contributed by atoms with Crippen LogP contribution in [0.4, 0.5) is 4.79 Å². The maximum Gasteiger partial charge on any atom is 0.407 e. The van der Waals surface area contributed by atoms with E-state index in [1.807, 2.05) is 24.3 Å². The van der Waals surface area contributed by atoms with Gasteiger partial charge >= 0.3 is 12.1 Å². The lowest BCUT2D eigenvalue weighted by atomic mass is 9.83. The van der Waals surface area contributed by atoms with Crippen molar-refractivity contribution in [3.05, 3.63) is 59.7 Å². The average molecular weight is 480 g/mol. The van der Waals surface area contributed by atoms with Crippen molar-refractivity contribution in [2.45, 2.75) is 43.7 Å². The normalized spacial score (nSPS) is 20.0. The monoisotopic (exact) mass is 479 g/mol. The van der Waals surface area contributed by atoms with Crippen molar-refractivity contribution in [2.24, 2.45) is 5.92 Å². The molecular formula is C27H33N3O5. The van der Waals surface area contributed by atoms with E-state index in [0.717, 1.165) is 35.1 Å². The topological polar surface area (TPSA) is 108 Å². The summed E-state index contributed by atoms with van der Waals surface area (Å²) in [5, 5.41) is 15.0. The number of ether oxygens (including phenoxy) is 1. The zero-order chi connectivity index (χ0) is 24.9. The number of carboxylic acid groups (broad SMARTS) is 1. The average Bonchev–Trinajstić information content (AvgIpc) is 3.16. The quantitative estimate of drug-likeness (QED) is 0.537. The molecule has 186 valence electrons. The lowest BCUT2D eigenvalue weighted by Crippen LogP contribution is -2.53. The largest absolute Gasteiger partial charge is 0.480 e. The number of likely N-dealkylation sites (N-methyl/N-ethyl adjacent to an activating group) is 1. The summed E-state index contributed by atoms with van der Waals surface area (Å²) in [5.41, 5.74) is 4.59. The molecule has 1 unspecified atom stereocenters. The van der Waals surface area contributed by atoms with Crippen molar-refractivity contribution in [1.82, 2.24) is 15.5 Å². The van der Waals surface area contributed by atoms with E-state index in [1.165, 1.54) is 0 Å². The highest BCUT2D eigenvalue weighted by atomic mass is 16.5. The first kappa shape index (κ1) is 24.7. The molecule has 8 heteroatoms. The van der Waals surface area contributed by atoms with E-state index in [9.17, 15) is 19.5 Å². The van der Waals surface area contributed by atoms with Crippen LogP contribution in [0.1, 0.15) is 42.7 Å². The fraction of sp³-hybridized carbons (Fsp3) is 0.444. The molecule has 0 aromatic heterocycles. The lowest BCUT2D eigenvalue weighted by Gasteiger charge is -2.32. The van der Waals surface area contributed by atoms with Crippen LogP contribution >= 0.6 is 0 Å². The van der Waals surface area contributed by atoms with E-state index in [4.69, 9.17) is 4.74 Å². The Morgan fingerprint density at radius 1 is 1.00 bits per heavy atom. The summed E-state index contributed by atoms with van der Waals surface area (Å²) in [6.45, 7) is 0.394. The molecule has 1 saturated carbocycles. The van der Waals surface area contributed by atoms with Crippen LogP contribution in [0.2, 0.25) is 0 Å². The van der Waals surface area contributed by atoms with E-state index < -0.39 is 30.1 Å². The van der Waals surface area contributed by atoms with Gasteiger partial charge in [-0.05, 0) is 49.2 Å². The van der Waals surface area contributed by atoms with Crippen molar-refractivity contribution < 1.29 is 24.2 Å². The van der Waals surface area contributed by atoms with Crippen LogP contribution in [0, 0.1) is 5.92 Å². The van der Waals surface area contributed by atoms with Crippen LogP contribution in [-0.4, -0.2) is 67.3 Å². The van der Waals surface area contributed by atoms with E-state index in [2.05, 4.69) is 34.9 Å². The SMILES string of the molecule is CN(C)CC(NC(=O)[C@@H]1CCCC[C@@H]1NC(=O)OCC1c2ccccc2-c2ccccc21)C(=O)O.